The first kappa shape index (κ1) is 11.1. The molecule has 1 aromatic rings. The van der Waals surface area contributed by atoms with Crippen LogP contribution in [0.25, 0.3) is 0 Å². The molecule has 0 bridgehead atoms. The number of rotatable bonds is 2. The average Bonchev–Trinajstić information content (AvgIpc) is 1.88. The predicted molar refractivity (Wildman–Crippen MR) is 48.4 cm³/mol. The molecule has 11 heavy (non-hydrogen) atoms. The van der Waals surface area contributed by atoms with Gasteiger partial charge in [-0.1, -0.05) is 22.0 Å². The molecule has 0 saturated carbocycles. The van der Waals surface area contributed by atoms with Crippen molar-refractivity contribution >= 4 is 15.9 Å². The van der Waals surface area contributed by atoms with Gasteiger partial charge in [-0.25, -0.2) is 0 Å². The van der Waals surface area contributed by atoms with Gasteiger partial charge in [-0.05, 0) is 6.42 Å². The fourth-order valence-electron chi connectivity index (χ4n) is 0.894. The van der Waals surface area contributed by atoms with Crippen LogP contribution in [0.15, 0.2) is 24.3 Å². The van der Waals surface area contributed by atoms with E-state index in [4.69, 9.17) is 0 Å². The third-order valence-electron chi connectivity index (χ3n) is 1.37. The molecule has 62 valence electrons. The van der Waals surface area contributed by atoms with Crippen molar-refractivity contribution in [2.24, 2.45) is 0 Å². The minimum atomic E-state index is 0. The standard InChI is InChI=1S/C9H10Br.Fe/c1-8-3-2-4-9(7-8)5-6-10;/h2-4,7H,1,5-6H2;/q-1;. The molecule has 0 nitrogen and oxygen atoms in total. The fourth-order valence-corrected chi connectivity index (χ4v) is 1.35. The van der Waals surface area contributed by atoms with Crippen molar-refractivity contribution in [3.8, 4) is 0 Å². The Morgan fingerprint density at radius 3 is 2.64 bits per heavy atom. The Bertz CT molecular complexity index is 210. The second kappa shape index (κ2) is 5.70. The van der Waals surface area contributed by atoms with Gasteiger partial charge in [0, 0.05) is 22.4 Å². The number of benzene rings is 1. The molecular formula is C9H10BrFe-. The monoisotopic (exact) mass is 253 g/mol. The summed E-state index contributed by atoms with van der Waals surface area (Å²) >= 11 is 3.39. The molecule has 0 spiro atoms. The number of hydrogen-bond donors (Lipinski definition) is 0. The minimum absolute atomic E-state index is 0. The van der Waals surface area contributed by atoms with Crippen molar-refractivity contribution in [3.05, 3.63) is 42.3 Å². The third-order valence-corrected chi connectivity index (χ3v) is 1.77. The van der Waals surface area contributed by atoms with Crippen molar-refractivity contribution in [2.45, 2.75) is 6.42 Å². The number of aryl methyl sites for hydroxylation is 1. The van der Waals surface area contributed by atoms with Crippen LogP contribution in [0.5, 0.6) is 0 Å². The van der Waals surface area contributed by atoms with Crippen LogP contribution in [0.1, 0.15) is 11.1 Å². The molecule has 0 saturated heterocycles. The molecule has 0 heterocycles. The Kier molecular flexibility index (Phi) is 5.75. The third kappa shape index (κ3) is 3.85. The fraction of sp³-hybridized carbons (Fsp3) is 0.222. The van der Waals surface area contributed by atoms with E-state index in [1.807, 2.05) is 12.1 Å². The molecule has 0 unspecified atom stereocenters. The summed E-state index contributed by atoms with van der Waals surface area (Å²) < 4.78 is 0. The molecule has 0 radical (unpaired) electrons. The zero-order chi connectivity index (χ0) is 7.40. The van der Waals surface area contributed by atoms with Crippen LogP contribution >= 0.6 is 15.9 Å². The summed E-state index contributed by atoms with van der Waals surface area (Å²) in [4.78, 5) is 0. The molecule has 0 aliphatic rings. The summed E-state index contributed by atoms with van der Waals surface area (Å²) in [7, 11) is 0. The van der Waals surface area contributed by atoms with Gasteiger partial charge < -0.3 is 0 Å². The van der Waals surface area contributed by atoms with E-state index >= 15 is 0 Å². The van der Waals surface area contributed by atoms with E-state index in [2.05, 4.69) is 35.0 Å². The number of hydrogen-bond acceptors (Lipinski definition) is 0. The summed E-state index contributed by atoms with van der Waals surface area (Å²) in [6.45, 7) is 3.85. The maximum Gasteiger partial charge on any atom is 0.00615 e. The van der Waals surface area contributed by atoms with Crippen LogP contribution in [-0.2, 0) is 23.5 Å². The number of alkyl halides is 1. The maximum absolute atomic E-state index is 3.85. The second-order valence-electron chi connectivity index (χ2n) is 2.26. The van der Waals surface area contributed by atoms with Gasteiger partial charge in [-0.15, -0.1) is 11.6 Å². The van der Waals surface area contributed by atoms with E-state index in [1.165, 1.54) is 5.56 Å². The normalized spacial score (nSPS) is 8.82. The predicted octanol–water partition coefficient (Wildman–Crippen LogP) is 2.80. The zero-order valence-corrected chi connectivity index (χ0v) is 8.85. The topological polar surface area (TPSA) is 0 Å². The second-order valence-corrected chi connectivity index (χ2v) is 3.05. The smallest absolute Gasteiger partial charge is 0.00615 e. The Hall–Kier alpha value is 0.0895. The molecule has 0 aliphatic carbocycles. The van der Waals surface area contributed by atoms with Crippen molar-refractivity contribution in [3.63, 3.8) is 0 Å². The number of halogens is 1. The van der Waals surface area contributed by atoms with Gasteiger partial charge in [0.15, 0.2) is 0 Å². The Morgan fingerprint density at radius 1 is 1.36 bits per heavy atom. The van der Waals surface area contributed by atoms with Crippen molar-refractivity contribution < 1.29 is 17.1 Å². The van der Waals surface area contributed by atoms with E-state index in [0.29, 0.717) is 0 Å². The van der Waals surface area contributed by atoms with Crippen LogP contribution in [0.3, 0.4) is 0 Å². The van der Waals surface area contributed by atoms with Gasteiger partial charge >= 0.3 is 0 Å². The van der Waals surface area contributed by atoms with Crippen LogP contribution in [0.2, 0.25) is 0 Å². The Morgan fingerprint density at radius 2 is 2.09 bits per heavy atom. The van der Waals surface area contributed by atoms with E-state index in [-0.39, 0.29) is 17.1 Å². The van der Waals surface area contributed by atoms with Gasteiger partial charge in [-0.3, -0.25) is 0 Å². The minimum Gasteiger partial charge on any atom is -0.199 e. The first-order valence-electron chi connectivity index (χ1n) is 3.30. The van der Waals surface area contributed by atoms with E-state index in [0.717, 1.165) is 17.3 Å². The molecule has 1 aromatic carbocycles. The van der Waals surface area contributed by atoms with Crippen LogP contribution in [0, 0.1) is 6.92 Å². The first-order chi connectivity index (χ1) is 4.83. The molecule has 2 heteroatoms. The molecule has 0 aromatic heterocycles. The first-order valence-corrected chi connectivity index (χ1v) is 4.42. The summed E-state index contributed by atoms with van der Waals surface area (Å²) in [5, 5.41) is 1.02. The largest absolute Gasteiger partial charge is 0.199 e. The summed E-state index contributed by atoms with van der Waals surface area (Å²) in [6.07, 6.45) is 1.09. The van der Waals surface area contributed by atoms with Crippen molar-refractivity contribution in [1.29, 1.82) is 0 Å². The van der Waals surface area contributed by atoms with Gasteiger partial charge in [0.2, 0.25) is 0 Å². The van der Waals surface area contributed by atoms with Crippen LogP contribution in [-0.4, -0.2) is 5.33 Å². The van der Waals surface area contributed by atoms with E-state index in [1.54, 1.807) is 0 Å². The summed E-state index contributed by atoms with van der Waals surface area (Å²) in [5.74, 6) is 0. The SMILES string of the molecule is [CH2-]c1cccc(CCBr)c1.[Fe]. The average molecular weight is 254 g/mol. The molecule has 0 atom stereocenters. The molecule has 1 rings (SSSR count). The van der Waals surface area contributed by atoms with Crippen molar-refractivity contribution in [1.82, 2.24) is 0 Å². The van der Waals surface area contributed by atoms with Crippen LogP contribution < -0.4 is 0 Å². The van der Waals surface area contributed by atoms with Gasteiger partial charge in [0.1, 0.15) is 0 Å². The molecular weight excluding hydrogens is 244 g/mol. The molecule has 0 amide bonds. The van der Waals surface area contributed by atoms with E-state index in [9.17, 15) is 0 Å². The van der Waals surface area contributed by atoms with E-state index < -0.39 is 0 Å². The van der Waals surface area contributed by atoms with Crippen molar-refractivity contribution in [2.75, 3.05) is 5.33 Å². The van der Waals surface area contributed by atoms with Gasteiger partial charge in [0.25, 0.3) is 0 Å². The molecule has 0 N–H and O–H groups in total. The Balaban J connectivity index is 0.000001000. The van der Waals surface area contributed by atoms with Gasteiger partial charge in [0.05, 0.1) is 0 Å². The van der Waals surface area contributed by atoms with Gasteiger partial charge in [-0.2, -0.15) is 24.6 Å². The summed E-state index contributed by atoms with van der Waals surface area (Å²) in [5.41, 5.74) is 2.45. The van der Waals surface area contributed by atoms with Crippen LogP contribution in [0.4, 0.5) is 0 Å². The Labute approximate surface area is 87.0 Å². The molecule has 0 aliphatic heterocycles. The maximum atomic E-state index is 3.85. The quantitative estimate of drug-likeness (QED) is 0.432. The molecule has 0 fully saturated rings. The zero-order valence-electron chi connectivity index (χ0n) is 6.16. The summed E-state index contributed by atoms with van der Waals surface area (Å²) in [6, 6.07) is 8.29.